The average Bonchev–Trinajstić information content (AvgIpc) is 2.53. The summed E-state index contributed by atoms with van der Waals surface area (Å²) in [4.78, 5) is 0. The van der Waals surface area contributed by atoms with Gasteiger partial charge in [0.2, 0.25) is 0 Å². The molecule has 0 saturated carbocycles. The first-order chi connectivity index (χ1) is 10.2. The molecule has 1 N–H and O–H groups in total. The first-order valence-corrected chi connectivity index (χ1v) is 6.79. The number of ether oxygens (including phenoxy) is 3. The normalized spacial score (nSPS) is 10.2. The van der Waals surface area contributed by atoms with E-state index in [1.165, 1.54) is 11.1 Å². The Morgan fingerprint density at radius 3 is 2.14 bits per heavy atom. The molecule has 0 aliphatic carbocycles. The van der Waals surface area contributed by atoms with Crippen LogP contribution in [-0.2, 0) is 17.9 Å². The number of hydrogen-bond donors (Lipinski definition) is 1. The van der Waals surface area contributed by atoms with Crippen LogP contribution >= 0.6 is 0 Å². The smallest absolute Gasteiger partial charge is 0.124 e. The molecular formula is C17H21NO3. The van der Waals surface area contributed by atoms with Gasteiger partial charge < -0.3 is 19.5 Å². The molecule has 4 nitrogen and oxygen atoms in total. The van der Waals surface area contributed by atoms with Gasteiger partial charge in [0, 0.05) is 37.5 Å². The van der Waals surface area contributed by atoms with Crippen LogP contribution in [0.3, 0.4) is 0 Å². The molecule has 0 spiro atoms. The van der Waals surface area contributed by atoms with Crippen LogP contribution in [0, 0.1) is 0 Å². The zero-order valence-corrected chi connectivity index (χ0v) is 12.7. The van der Waals surface area contributed by atoms with Gasteiger partial charge in [-0.05, 0) is 11.1 Å². The summed E-state index contributed by atoms with van der Waals surface area (Å²) in [6.45, 7) is 1.36. The van der Waals surface area contributed by atoms with Gasteiger partial charge in [-0.1, -0.05) is 24.3 Å². The van der Waals surface area contributed by atoms with Gasteiger partial charge in [0.1, 0.15) is 11.5 Å². The molecule has 0 saturated heterocycles. The van der Waals surface area contributed by atoms with Crippen LogP contribution in [0.15, 0.2) is 42.5 Å². The molecule has 112 valence electrons. The second-order valence-electron chi connectivity index (χ2n) is 4.71. The van der Waals surface area contributed by atoms with Gasteiger partial charge in [0.05, 0.1) is 20.8 Å². The van der Waals surface area contributed by atoms with E-state index in [0.29, 0.717) is 6.61 Å². The summed E-state index contributed by atoms with van der Waals surface area (Å²) in [5.41, 5.74) is 3.33. The Balaban J connectivity index is 2.07. The molecule has 2 aromatic rings. The van der Waals surface area contributed by atoms with Crippen molar-refractivity contribution < 1.29 is 14.2 Å². The summed E-state index contributed by atoms with van der Waals surface area (Å²) in [6.07, 6.45) is 0. The van der Waals surface area contributed by atoms with Crippen LogP contribution in [0.4, 0.5) is 5.69 Å². The Morgan fingerprint density at radius 1 is 0.857 bits per heavy atom. The number of benzene rings is 2. The maximum Gasteiger partial charge on any atom is 0.124 e. The Bertz CT molecular complexity index is 562. The molecule has 0 aromatic heterocycles. The highest BCUT2D eigenvalue weighted by molar-refractivity contribution is 5.54. The van der Waals surface area contributed by atoms with E-state index in [4.69, 9.17) is 14.2 Å². The summed E-state index contributed by atoms with van der Waals surface area (Å²) in [7, 11) is 4.99. The first kappa shape index (κ1) is 15.2. The van der Waals surface area contributed by atoms with Crippen molar-refractivity contribution in [3.8, 4) is 11.5 Å². The van der Waals surface area contributed by atoms with Crippen LogP contribution in [0.2, 0.25) is 0 Å². The van der Waals surface area contributed by atoms with E-state index in [1.54, 1.807) is 21.3 Å². The Morgan fingerprint density at radius 2 is 1.52 bits per heavy atom. The zero-order chi connectivity index (χ0) is 15.1. The van der Waals surface area contributed by atoms with E-state index < -0.39 is 0 Å². The Kier molecular flexibility index (Phi) is 5.46. The van der Waals surface area contributed by atoms with Gasteiger partial charge in [-0.2, -0.15) is 0 Å². The fraction of sp³-hybridized carbons (Fsp3) is 0.294. The molecule has 21 heavy (non-hydrogen) atoms. The van der Waals surface area contributed by atoms with Crippen molar-refractivity contribution in [1.82, 2.24) is 0 Å². The van der Waals surface area contributed by atoms with Crippen molar-refractivity contribution >= 4 is 5.69 Å². The largest absolute Gasteiger partial charge is 0.497 e. The molecule has 0 aliphatic heterocycles. The van der Waals surface area contributed by atoms with E-state index in [0.717, 1.165) is 23.7 Å². The van der Waals surface area contributed by atoms with Crippen molar-refractivity contribution in [2.75, 3.05) is 26.6 Å². The van der Waals surface area contributed by atoms with Gasteiger partial charge in [0.15, 0.2) is 0 Å². The standard InChI is InChI=1S/C17H21NO3/c1-19-12-14-6-4-5-13(7-14)11-18-15-8-16(20-2)10-17(9-15)21-3/h4-10,18H,11-12H2,1-3H3. The third kappa shape index (κ3) is 4.39. The van der Waals surface area contributed by atoms with Crippen molar-refractivity contribution in [2.45, 2.75) is 13.2 Å². The summed E-state index contributed by atoms with van der Waals surface area (Å²) < 4.78 is 15.7. The Hall–Kier alpha value is -2.20. The van der Waals surface area contributed by atoms with Crippen molar-refractivity contribution in [1.29, 1.82) is 0 Å². The maximum atomic E-state index is 5.26. The van der Waals surface area contributed by atoms with E-state index in [1.807, 2.05) is 24.3 Å². The average molecular weight is 287 g/mol. The van der Waals surface area contributed by atoms with Crippen LogP contribution in [0.25, 0.3) is 0 Å². The quantitative estimate of drug-likeness (QED) is 0.846. The monoisotopic (exact) mass is 287 g/mol. The molecule has 0 heterocycles. The number of rotatable bonds is 7. The van der Waals surface area contributed by atoms with Crippen LogP contribution < -0.4 is 14.8 Å². The third-order valence-corrected chi connectivity index (χ3v) is 3.15. The predicted octanol–water partition coefficient (Wildman–Crippen LogP) is 3.46. The number of methoxy groups -OCH3 is 3. The summed E-state index contributed by atoms with van der Waals surface area (Å²) in [6, 6.07) is 14.1. The van der Waals surface area contributed by atoms with Crippen LogP contribution in [0.1, 0.15) is 11.1 Å². The summed E-state index contributed by atoms with van der Waals surface area (Å²) in [5, 5.41) is 3.38. The van der Waals surface area contributed by atoms with Gasteiger partial charge in [-0.15, -0.1) is 0 Å². The molecule has 0 atom stereocenters. The van der Waals surface area contributed by atoms with E-state index in [2.05, 4.69) is 23.5 Å². The first-order valence-electron chi connectivity index (χ1n) is 6.79. The molecule has 2 aromatic carbocycles. The van der Waals surface area contributed by atoms with Crippen molar-refractivity contribution in [3.05, 3.63) is 53.6 Å². The molecule has 0 bridgehead atoms. The SMILES string of the molecule is COCc1cccc(CNc2cc(OC)cc(OC)c2)c1. The molecule has 0 fully saturated rings. The topological polar surface area (TPSA) is 39.7 Å². The molecular weight excluding hydrogens is 266 g/mol. The second-order valence-corrected chi connectivity index (χ2v) is 4.71. The minimum Gasteiger partial charge on any atom is -0.497 e. The zero-order valence-electron chi connectivity index (χ0n) is 12.7. The molecule has 0 unspecified atom stereocenters. The van der Waals surface area contributed by atoms with E-state index in [-0.39, 0.29) is 0 Å². The highest BCUT2D eigenvalue weighted by Gasteiger charge is 2.02. The lowest BCUT2D eigenvalue weighted by Gasteiger charge is -2.11. The lowest BCUT2D eigenvalue weighted by Crippen LogP contribution is -2.01. The molecule has 2 rings (SSSR count). The fourth-order valence-corrected chi connectivity index (χ4v) is 2.11. The van der Waals surface area contributed by atoms with Crippen LogP contribution in [0.5, 0.6) is 11.5 Å². The van der Waals surface area contributed by atoms with Crippen molar-refractivity contribution in [2.24, 2.45) is 0 Å². The lowest BCUT2D eigenvalue weighted by atomic mass is 10.1. The molecule has 0 aliphatic rings. The van der Waals surface area contributed by atoms with Gasteiger partial charge in [-0.3, -0.25) is 0 Å². The number of anilines is 1. The van der Waals surface area contributed by atoms with Crippen molar-refractivity contribution in [3.63, 3.8) is 0 Å². The summed E-state index contributed by atoms with van der Waals surface area (Å²) >= 11 is 0. The van der Waals surface area contributed by atoms with Crippen LogP contribution in [-0.4, -0.2) is 21.3 Å². The Labute approximate surface area is 125 Å². The fourth-order valence-electron chi connectivity index (χ4n) is 2.11. The third-order valence-electron chi connectivity index (χ3n) is 3.15. The minimum atomic E-state index is 0.626. The van der Waals surface area contributed by atoms with Gasteiger partial charge >= 0.3 is 0 Å². The number of nitrogens with one attached hydrogen (secondary N) is 1. The highest BCUT2D eigenvalue weighted by Crippen LogP contribution is 2.26. The second kappa shape index (κ2) is 7.55. The van der Waals surface area contributed by atoms with Gasteiger partial charge in [-0.25, -0.2) is 0 Å². The molecule has 0 radical (unpaired) electrons. The molecule has 0 amide bonds. The summed E-state index contributed by atoms with van der Waals surface area (Å²) in [5.74, 6) is 1.54. The number of hydrogen-bond acceptors (Lipinski definition) is 4. The van der Waals surface area contributed by atoms with E-state index >= 15 is 0 Å². The highest BCUT2D eigenvalue weighted by atomic mass is 16.5. The lowest BCUT2D eigenvalue weighted by molar-refractivity contribution is 0.185. The minimum absolute atomic E-state index is 0.626. The predicted molar refractivity (Wildman–Crippen MR) is 84.0 cm³/mol. The maximum absolute atomic E-state index is 5.26. The molecule has 4 heteroatoms. The van der Waals surface area contributed by atoms with E-state index in [9.17, 15) is 0 Å². The van der Waals surface area contributed by atoms with Gasteiger partial charge in [0.25, 0.3) is 0 Å².